The van der Waals surface area contributed by atoms with Crippen molar-refractivity contribution in [3.05, 3.63) is 46.0 Å². The van der Waals surface area contributed by atoms with E-state index in [0.29, 0.717) is 17.4 Å². The maximum Gasteiger partial charge on any atom is 0.174 e. The molecule has 0 saturated heterocycles. The Hall–Kier alpha value is -3.10. The molecule has 2 aliphatic rings. The third kappa shape index (κ3) is 4.55. The summed E-state index contributed by atoms with van der Waals surface area (Å²) in [5.41, 5.74) is 6.36. The van der Waals surface area contributed by atoms with Crippen LogP contribution < -0.4 is 18.9 Å². The highest BCUT2D eigenvalue weighted by Gasteiger charge is 2.38. The predicted octanol–water partition coefficient (Wildman–Crippen LogP) is 9.55. The highest BCUT2D eigenvalue weighted by atomic mass is 32.2. The van der Waals surface area contributed by atoms with Gasteiger partial charge in [-0.3, -0.25) is 0 Å². The molecule has 2 atom stereocenters. The van der Waals surface area contributed by atoms with Gasteiger partial charge in [0.1, 0.15) is 17.4 Å². The molecule has 4 aromatic carbocycles. The number of phenols is 2. The standard InChI is InChI=1S/C35H40O6S2/c1-9-17(4)25-20-12-18(5)26-27-19(6)13-22-24(16(2)3)31(37)34(39-8)29-28(22)33(27)41-35(29)43-11-10-42-15-40-32(26)21(20)14-23(38-7)30(25)36/h12-14,16-17,35-37H,9-11,15H2,1-8H3. The fourth-order valence-electron chi connectivity index (χ4n) is 6.81. The smallest absolute Gasteiger partial charge is 0.174 e. The molecule has 228 valence electrons. The molecule has 0 radical (unpaired) electrons. The van der Waals surface area contributed by atoms with E-state index in [1.165, 1.54) is 0 Å². The van der Waals surface area contributed by atoms with Gasteiger partial charge >= 0.3 is 0 Å². The maximum atomic E-state index is 11.5. The van der Waals surface area contributed by atoms with Crippen LogP contribution in [0, 0.1) is 13.8 Å². The first kappa shape index (κ1) is 29.9. The molecule has 6 nitrogen and oxygen atoms in total. The third-order valence-electron chi connectivity index (χ3n) is 8.92. The number of thioether (sulfide) groups is 2. The number of rotatable bonds is 5. The van der Waals surface area contributed by atoms with Crippen molar-refractivity contribution in [3.8, 4) is 45.6 Å². The number of aromatic hydroxyl groups is 2. The molecule has 0 spiro atoms. The van der Waals surface area contributed by atoms with Gasteiger partial charge in [0.25, 0.3) is 0 Å². The number of hydrogen-bond donors (Lipinski definition) is 2. The van der Waals surface area contributed by atoms with Gasteiger partial charge in [-0.25, -0.2) is 0 Å². The average molecular weight is 621 g/mol. The summed E-state index contributed by atoms with van der Waals surface area (Å²) in [6, 6.07) is 6.27. The lowest BCUT2D eigenvalue weighted by Gasteiger charge is -2.24. The van der Waals surface area contributed by atoms with Gasteiger partial charge < -0.3 is 29.2 Å². The molecular weight excluding hydrogens is 581 g/mol. The highest BCUT2D eigenvalue weighted by molar-refractivity contribution is 8.02. The van der Waals surface area contributed by atoms with Gasteiger partial charge in [-0.05, 0) is 60.1 Å². The number of fused-ring (bicyclic) bond motifs is 6. The van der Waals surface area contributed by atoms with Gasteiger partial charge in [0, 0.05) is 44.5 Å². The van der Waals surface area contributed by atoms with Gasteiger partial charge in [0.05, 0.1) is 19.8 Å². The van der Waals surface area contributed by atoms with Gasteiger partial charge in [0.2, 0.25) is 0 Å². The lowest BCUT2D eigenvalue weighted by atomic mass is 9.84. The molecule has 2 heterocycles. The molecule has 8 heteroatoms. The van der Waals surface area contributed by atoms with Crippen molar-refractivity contribution in [2.24, 2.45) is 0 Å². The normalized spacial score (nSPS) is 16.9. The lowest BCUT2D eigenvalue weighted by molar-refractivity contribution is 0.303. The molecule has 0 aliphatic carbocycles. The molecule has 2 bridgehead atoms. The number of ether oxygens (including phenoxy) is 4. The molecule has 6 rings (SSSR count). The zero-order valence-electron chi connectivity index (χ0n) is 26.1. The molecule has 2 aliphatic heterocycles. The number of hydrogen-bond acceptors (Lipinski definition) is 8. The van der Waals surface area contributed by atoms with Crippen LogP contribution in [0.4, 0.5) is 0 Å². The van der Waals surface area contributed by atoms with Crippen molar-refractivity contribution >= 4 is 45.1 Å². The fourth-order valence-corrected chi connectivity index (χ4v) is 8.75. The number of aryl methyl sites for hydroxylation is 2. The van der Waals surface area contributed by atoms with E-state index < -0.39 is 0 Å². The van der Waals surface area contributed by atoms with Crippen LogP contribution in [-0.2, 0) is 0 Å². The second-order valence-corrected chi connectivity index (χ2v) is 14.0. The number of benzene rings is 4. The molecule has 2 unspecified atom stereocenters. The van der Waals surface area contributed by atoms with E-state index in [2.05, 4.69) is 53.7 Å². The van der Waals surface area contributed by atoms with Crippen molar-refractivity contribution in [3.63, 3.8) is 0 Å². The zero-order chi connectivity index (χ0) is 30.7. The average Bonchev–Trinajstić information content (AvgIpc) is 3.33. The summed E-state index contributed by atoms with van der Waals surface area (Å²) in [5.74, 6) is 5.29. The Morgan fingerprint density at radius 1 is 0.884 bits per heavy atom. The van der Waals surface area contributed by atoms with E-state index >= 15 is 0 Å². The monoisotopic (exact) mass is 620 g/mol. The van der Waals surface area contributed by atoms with Crippen LogP contribution in [0.2, 0.25) is 0 Å². The molecule has 4 aromatic rings. The van der Waals surface area contributed by atoms with Crippen LogP contribution in [0.3, 0.4) is 0 Å². The summed E-state index contributed by atoms with van der Waals surface area (Å²) in [5, 5.41) is 26.6. The summed E-state index contributed by atoms with van der Waals surface area (Å²) < 4.78 is 25.2. The zero-order valence-corrected chi connectivity index (χ0v) is 27.8. The van der Waals surface area contributed by atoms with E-state index in [1.807, 2.05) is 6.07 Å². The van der Waals surface area contributed by atoms with E-state index in [1.54, 1.807) is 37.7 Å². The van der Waals surface area contributed by atoms with Gasteiger partial charge in [-0.2, -0.15) is 0 Å². The second-order valence-electron chi connectivity index (χ2n) is 11.8. The first-order chi connectivity index (χ1) is 20.6. The predicted molar refractivity (Wildman–Crippen MR) is 179 cm³/mol. The van der Waals surface area contributed by atoms with Crippen molar-refractivity contribution in [1.82, 2.24) is 0 Å². The third-order valence-corrected chi connectivity index (χ3v) is 11.0. The molecule has 0 amide bonds. The maximum absolute atomic E-state index is 11.5. The largest absolute Gasteiger partial charge is 0.504 e. The van der Waals surface area contributed by atoms with Gasteiger partial charge in [-0.15, -0.1) is 23.5 Å². The molecule has 0 saturated carbocycles. The van der Waals surface area contributed by atoms with E-state index in [-0.39, 0.29) is 28.8 Å². The van der Waals surface area contributed by atoms with Crippen LogP contribution in [0.15, 0.2) is 18.2 Å². The van der Waals surface area contributed by atoms with Crippen LogP contribution in [0.5, 0.6) is 34.5 Å². The first-order valence-electron chi connectivity index (χ1n) is 14.9. The summed E-state index contributed by atoms with van der Waals surface area (Å²) in [4.78, 5) is 0. The Balaban J connectivity index is 1.79. The second kappa shape index (κ2) is 11.4. The Morgan fingerprint density at radius 3 is 2.23 bits per heavy atom. The summed E-state index contributed by atoms with van der Waals surface area (Å²) in [7, 11) is 3.21. The van der Waals surface area contributed by atoms with Crippen LogP contribution in [0.25, 0.3) is 32.7 Å². The molecule has 0 fully saturated rings. The van der Waals surface area contributed by atoms with E-state index in [0.717, 1.165) is 89.9 Å². The Bertz CT molecular complexity index is 1760. The van der Waals surface area contributed by atoms with E-state index in [9.17, 15) is 10.2 Å². The van der Waals surface area contributed by atoms with Gasteiger partial charge in [0.15, 0.2) is 28.4 Å². The summed E-state index contributed by atoms with van der Waals surface area (Å²) in [6.07, 6.45) is 0.874. The topological polar surface area (TPSA) is 77.4 Å². The molecular formula is C35H40O6S2. The quantitative estimate of drug-likeness (QED) is 0.228. The minimum atomic E-state index is -0.306. The summed E-state index contributed by atoms with van der Waals surface area (Å²) in [6.45, 7) is 12.7. The van der Waals surface area contributed by atoms with Crippen molar-refractivity contribution in [2.75, 3.05) is 31.7 Å². The highest BCUT2D eigenvalue weighted by Crippen LogP contribution is 2.61. The van der Waals surface area contributed by atoms with Crippen LogP contribution >= 0.6 is 23.5 Å². The minimum Gasteiger partial charge on any atom is -0.504 e. The minimum absolute atomic E-state index is 0.0756. The summed E-state index contributed by atoms with van der Waals surface area (Å²) >= 11 is 3.46. The SMILES string of the molecule is CCC(C)c1c(O)c(OC)cc2c3c(c(C)cc12)-c1c(C)cc2c(C(C)C)c(O)c(OC)c4c2c1OC4SCCSCO3. The molecule has 43 heavy (non-hydrogen) atoms. The number of phenolic OH excluding ortho intramolecular Hbond substituents is 2. The number of methoxy groups -OCH3 is 2. The lowest BCUT2D eigenvalue weighted by Crippen LogP contribution is -2.06. The fraction of sp³-hybridized carbons (Fsp3) is 0.429. The molecule has 2 N–H and O–H groups in total. The first-order valence-corrected chi connectivity index (χ1v) is 17.1. The Morgan fingerprint density at radius 2 is 1.58 bits per heavy atom. The Kier molecular flexibility index (Phi) is 7.96. The van der Waals surface area contributed by atoms with Crippen LogP contribution in [-0.4, -0.2) is 41.9 Å². The van der Waals surface area contributed by atoms with Crippen molar-refractivity contribution in [2.45, 2.75) is 65.2 Å². The van der Waals surface area contributed by atoms with Crippen molar-refractivity contribution in [1.29, 1.82) is 0 Å². The Labute approximate surface area is 262 Å². The van der Waals surface area contributed by atoms with E-state index in [4.69, 9.17) is 18.9 Å². The van der Waals surface area contributed by atoms with Gasteiger partial charge in [-0.1, -0.05) is 39.8 Å². The van der Waals surface area contributed by atoms with Crippen LogP contribution in [0.1, 0.15) is 79.2 Å². The van der Waals surface area contributed by atoms with Crippen molar-refractivity contribution < 1.29 is 29.2 Å². The molecule has 0 aromatic heterocycles.